The van der Waals surface area contributed by atoms with Gasteiger partial charge in [-0.2, -0.15) is 0 Å². The average Bonchev–Trinajstić information content (AvgIpc) is 3.19. The summed E-state index contributed by atoms with van der Waals surface area (Å²) in [5.74, 6) is 3.08. The van der Waals surface area contributed by atoms with Gasteiger partial charge in [0.1, 0.15) is 11.5 Å². The lowest BCUT2D eigenvalue weighted by Gasteiger charge is -2.22. The van der Waals surface area contributed by atoms with E-state index in [2.05, 4.69) is 10.6 Å². The zero-order valence-corrected chi connectivity index (χ0v) is 20.2. The minimum Gasteiger partial charge on any atom is -0.493 e. The molecule has 2 aliphatic heterocycles. The van der Waals surface area contributed by atoms with Gasteiger partial charge in [0.15, 0.2) is 5.78 Å². The SMILES string of the molecule is O=C1c2cccc(OCCCC3CCCNC3)c2-c2cccc(OCCCC3CCCNC3)c21. The molecular weight excluding hydrogens is 424 g/mol. The number of nitrogens with one attached hydrogen (secondary N) is 2. The molecule has 2 fully saturated rings. The summed E-state index contributed by atoms with van der Waals surface area (Å²) in [6.07, 6.45) is 9.58. The fourth-order valence-electron chi connectivity index (χ4n) is 5.80. The minimum atomic E-state index is 0.0517. The largest absolute Gasteiger partial charge is 0.493 e. The first kappa shape index (κ1) is 23.4. The van der Waals surface area contributed by atoms with Crippen molar-refractivity contribution < 1.29 is 14.3 Å². The van der Waals surface area contributed by atoms with Gasteiger partial charge in [-0.15, -0.1) is 0 Å². The molecule has 0 amide bonds. The molecule has 2 aromatic rings. The van der Waals surface area contributed by atoms with E-state index in [9.17, 15) is 4.79 Å². The maximum Gasteiger partial charge on any atom is 0.198 e. The number of fused-ring (bicyclic) bond motifs is 3. The van der Waals surface area contributed by atoms with Crippen molar-refractivity contribution in [3.8, 4) is 22.6 Å². The zero-order chi connectivity index (χ0) is 23.2. The van der Waals surface area contributed by atoms with Crippen LogP contribution in [0.3, 0.4) is 0 Å². The predicted molar refractivity (Wildman–Crippen MR) is 136 cm³/mol. The maximum atomic E-state index is 13.3. The van der Waals surface area contributed by atoms with Crippen molar-refractivity contribution in [2.75, 3.05) is 39.4 Å². The highest BCUT2D eigenvalue weighted by Gasteiger charge is 2.32. The van der Waals surface area contributed by atoms with Gasteiger partial charge in [-0.25, -0.2) is 0 Å². The van der Waals surface area contributed by atoms with Crippen LogP contribution >= 0.6 is 0 Å². The van der Waals surface area contributed by atoms with E-state index in [-0.39, 0.29) is 5.78 Å². The number of hydrogen-bond donors (Lipinski definition) is 2. The van der Waals surface area contributed by atoms with Crippen LogP contribution < -0.4 is 20.1 Å². The number of ketones is 1. The maximum absolute atomic E-state index is 13.3. The molecule has 2 N–H and O–H groups in total. The Bertz CT molecular complexity index is 977. The number of rotatable bonds is 10. The Morgan fingerprint density at radius 1 is 0.735 bits per heavy atom. The highest BCUT2D eigenvalue weighted by atomic mass is 16.5. The first-order valence-corrected chi connectivity index (χ1v) is 13.3. The van der Waals surface area contributed by atoms with Crippen LogP contribution in [-0.4, -0.2) is 45.2 Å². The van der Waals surface area contributed by atoms with Crippen molar-refractivity contribution in [3.05, 3.63) is 47.5 Å². The van der Waals surface area contributed by atoms with Crippen LogP contribution in [-0.2, 0) is 0 Å². The van der Waals surface area contributed by atoms with Crippen LogP contribution in [0.25, 0.3) is 11.1 Å². The third-order valence-corrected chi connectivity index (χ3v) is 7.62. The topological polar surface area (TPSA) is 59.6 Å². The molecule has 0 saturated carbocycles. The molecule has 2 saturated heterocycles. The lowest BCUT2D eigenvalue weighted by atomic mass is 9.95. The quantitative estimate of drug-likeness (QED) is 0.405. The van der Waals surface area contributed by atoms with Gasteiger partial charge in [0, 0.05) is 16.7 Å². The van der Waals surface area contributed by atoms with Crippen molar-refractivity contribution >= 4 is 5.78 Å². The number of piperidine rings is 2. The molecule has 5 rings (SSSR count). The second-order valence-electron chi connectivity index (χ2n) is 10.1. The summed E-state index contributed by atoms with van der Waals surface area (Å²) in [7, 11) is 0. The van der Waals surface area contributed by atoms with Gasteiger partial charge >= 0.3 is 0 Å². The lowest BCUT2D eigenvalue weighted by Crippen LogP contribution is -2.29. The summed E-state index contributed by atoms with van der Waals surface area (Å²) in [6, 6.07) is 11.8. The molecule has 0 aromatic heterocycles. The van der Waals surface area contributed by atoms with Crippen molar-refractivity contribution in [2.24, 2.45) is 11.8 Å². The van der Waals surface area contributed by atoms with Crippen LogP contribution in [0.2, 0.25) is 0 Å². The predicted octanol–water partition coefficient (Wildman–Crippen LogP) is 5.22. The van der Waals surface area contributed by atoms with Gasteiger partial charge in [0.25, 0.3) is 0 Å². The molecule has 34 heavy (non-hydrogen) atoms. The number of ether oxygens (including phenoxy) is 2. The molecule has 2 unspecified atom stereocenters. The Balaban J connectivity index is 1.21. The third kappa shape index (κ3) is 5.31. The zero-order valence-electron chi connectivity index (χ0n) is 20.2. The highest BCUT2D eigenvalue weighted by molar-refractivity contribution is 6.24. The fraction of sp³-hybridized carbons (Fsp3) is 0.552. The van der Waals surface area contributed by atoms with Gasteiger partial charge in [0.2, 0.25) is 0 Å². The summed E-state index contributed by atoms with van der Waals surface area (Å²) in [5.41, 5.74) is 3.30. The Hall–Kier alpha value is -2.37. The Kier molecular flexibility index (Phi) is 7.82. The van der Waals surface area contributed by atoms with Crippen LogP contribution in [0.15, 0.2) is 36.4 Å². The molecule has 0 spiro atoms. The van der Waals surface area contributed by atoms with Crippen molar-refractivity contribution in [2.45, 2.75) is 51.4 Å². The van der Waals surface area contributed by atoms with E-state index in [1.807, 2.05) is 36.4 Å². The number of benzene rings is 2. The van der Waals surface area contributed by atoms with Gasteiger partial charge in [-0.3, -0.25) is 4.79 Å². The summed E-state index contributed by atoms with van der Waals surface area (Å²) in [5, 5.41) is 6.97. The van der Waals surface area contributed by atoms with Crippen molar-refractivity contribution in [1.82, 2.24) is 10.6 Å². The highest BCUT2D eigenvalue weighted by Crippen LogP contribution is 2.45. The van der Waals surface area contributed by atoms with Gasteiger partial charge in [0.05, 0.1) is 18.8 Å². The summed E-state index contributed by atoms with van der Waals surface area (Å²) < 4.78 is 12.4. The van der Waals surface area contributed by atoms with E-state index in [1.54, 1.807) is 0 Å². The number of carbonyl (C=O) groups excluding carboxylic acids is 1. The van der Waals surface area contributed by atoms with Gasteiger partial charge < -0.3 is 20.1 Å². The van der Waals surface area contributed by atoms with E-state index in [1.165, 1.54) is 38.5 Å². The van der Waals surface area contributed by atoms with E-state index in [0.717, 1.165) is 73.3 Å². The van der Waals surface area contributed by atoms with Gasteiger partial charge in [-0.05, 0) is 102 Å². The standard InChI is InChI=1S/C29H38N2O3/c32-29-24-12-2-13-25(33-17-5-9-21-7-3-15-30-19-21)27(24)23-11-1-14-26(28(23)29)34-18-6-10-22-8-4-16-31-20-22/h1-2,11-14,21-22,30-31H,3-10,15-20H2. The molecule has 3 aliphatic rings. The van der Waals surface area contributed by atoms with Crippen LogP contribution in [0.4, 0.5) is 0 Å². The molecule has 2 atom stereocenters. The lowest BCUT2D eigenvalue weighted by molar-refractivity contribution is 0.103. The molecule has 2 aromatic carbocycles. The first-order chi connectivity index (χ1) is 16.8. The molecule has 0 radical (unpaired) electrons. The summed E-state index contributed by atoms with van der Waals surface area (Å²) >= 11 is 0. The first-order valence-electron chi connectivity index (χ1n) is 13.3. The Morgan fingerprint density at radius 2 is 1.29 bits per heavy atom. The number of hydrogen-bond acceptors (Lipinski definition) is 5. The molecular formula is C29H38N2O3. The molecule has 0 bridgehead atoms. The smallest absolute Gasteiger partial charge is 0.198 e. The summed E-state index contributed by atoms with van der Waals surface area (Å²) in [4.78, 5) is 13.3. The molecule has 182 valence electrons. The summed E-state index contributed by atoms with van der Waals surface area (Å²) in [6.45, 7) is 5.88. The van der Waals surface area contributed by atoms with Crippen molar-refractivity contribution in [1.29, 1.82) is 0 Å². The fourth-order valence-corrected chi connectivity index (χ4v) is 5.80. The molecule has 5 heteroatoms. The van der Waals surface area contributed by atoms with Crippen LogP contribution in [0, 0.1) is 11.8 Å². The Labute approximate surface area is 203 Å². The minimum absolute atomic E-state index is 0.0517. The van der Waals surface area contributed by atoms with Gasteiger partial charge in [-0.1, -0.05) is 24.3 Å². The van der Waals surface area contributed by atoms with Crippen LogP contribution in [0.1, 0.15) is 67.3 Å². The Morgan fingerprint density at radius 3 is 1.85 bits per heavy atom. The molecule has 1 aliphatic carbocycles. The van der Waals surface area contributed by atoms with E-state index in [4.69, 9.17) is 9.47 Å². The second-order valence-corrected chi connectivity index (χ2v) is 10.1. The van der Waals surface area contributed by atoms with E-state index < -0.39 is 0 Å². The number of carbonyl (C=O) groups is 1. The van der Waals surface area contributed by atoms with E-state index >= 15 is 0 Å². The monoisotopic (exact) mass is 462 g/mol. The molecule has 5 nitrogen and oxygen atoms in total. The normalized spacial score (nSPS) is 21.7. The van der Waals surface area contributed by atoms with E-state index in [0.29, 0.717) is 24.5 Å². The molecule has 2 heterocycles. The second kappa shape index (κ2) is 11.4. The average molecular weight is 463 g/mol. The third-order valence-electron chi connectivity index (χ3n) is 7.62. The van der Waals surface area contributed by atoms with Crippen molar-refractivity contribution in [3.63, 3.8) is 0 Å². The van der Waals surface area contributed by atoms with Crippen LogP contribution in [0.5, 0.6) is 11.5 Å².